The molecule has 1 aliphatic rings. The molecule has 0 unspecified atom stereocenters. The maximum Gasteiger partial charge on any atom is 0.437 e. The zero-order valence-electron chi connectivity index (χ0n) is 16.9. The van der Waals surface area contributed by atoms with Gasteiger partial charge in [-0.2, -0.15) is 13.2 Å². The normalized spacial score (nSPS) is 24.0. The average Bonchev–Trinajstić information content (AvgIpc) is 2.72. The number of carbonyl (C=O) groups is 2. The van der Waals surface area contributed by atoms with Gasteiger partial charge >= 0.3 is 12.2 Å². The zero-order chi connectivity index (χ0) is 23.9. The molecule has 32 heavy (non-hydrogen) atoms. The van der Waals surface area contributed by atoms with E-state index in [0.717, 1.165) is 28.6 Å². The van der Waals surface area contributed by atoms with Crippen LogP contribution in [0.15, 0.2) is 59.5 Å². The lowest BCUT2D eigenvalue weighted by molar-refractivity contribution is -0.287. The molecule has 2 amide bonds. The maximum absolute atomic E-state index is 13.9. The lowest BCUT2D eigenvalue weighted by Gasteiger charge is -2.45. The molecule has 3 N–H and O–H groups in total. The second-order valence-corrected chi connectivity index (χ2v) is 9.56. The van der Waals surface area contributed by atoms with Crippen LogP contribution in [0.2, 0.25) is 0 Å². The number of sulfonamides is 1. The van der Waals surface area contributed by atoms with Gasteiger partial charge in [0.05, 0.1) is 10.9 Å². The Kier molecular flexibility index (Phi) is 6.06. The molecule has 12 heteroatoms. The zero-order valence-corrected chi connectivity index (χ0v) is 17.7. The van der Waals surface area contributed by atoms with E-state index in [2.05, 4.69) is 5.32 Å². The van der Waals surface area contributed by atoms with Crippen molar-refractivity contribution < 1.29 is 36.3 Å². The summed E-state index contributed by atoms with van der Waals surface area (Å²) in [6, 6.07) is 8.95. The molecule has 2 aromatic rings. The Bertz CT molecular complexity index is 1120. The standard InChI is InChI=1S/C20H20F3N3O5S/c1-26(2)32(30,31)14-10-8-13(9-11-14)17(27)15-16(12-6-4-3-5-7-12)24-18(28)25-19(15,29)20(21,22)23/h3-11,15-16,29H,1-2H3,(H2,24,25,28)/t15-,16-,19-/m0/s1. The van der Waals surface area contributed by atoms with E-state index in [1.807, 2.05) is 0 Å². The van der Waals surface area contributed by atoms with Gasteiger partial charge in [0.25, 0.3) is 0 Å². The molecule has 0 saturated carbocycles. The van der Waals surface area contributed by atoms with Gasteiger partial charge in [-0.15, -0.1) is 0 Å². The van der Waals surface area contributed by atoms with Gasteiger partial charge in [-0.1, -0.05) is 42.5 Å². The van der Waals surface area contributed by atoms with Gasteiger partial charge in [-0.25, -0.2) is 17.5 Å². The third-order valence-electron chi connectivity index (χ3n) is 5.16. The molecule has 1 aliphatic heterocycles. The number of nitrogens with one attached hydrogen (secondary N) is 2. The molecule has 0 aliphatic carbocycles. The smallest absolute Gasteiger partial charge is 0.363 e. The summed E-state index contributed by atoms with van der Waals surface area (Å²) in [6.45, 7) is 0. The summed E-state index contributed by atoms with van der Waals surface area (Å²) < 4.78 is 67.1. The molecule has 0 bridgehead atoms. The highest BCUT2D eigenvalue weighted by atomic mass is 32.2. The Labute approximate surface area is 182 Å². The molecule has 3 rings (SSSR count). The Balaban J connectivity index is 2.10. The molecule has 8 nitrogen and oxygen atoms in total. The fourth-order valence-corrected chi connectivity index (χ4v) is 4.36. The predicted octanol–water partition coefficient (Wildman–Crippen LogP) is 2.04. The van der Waals surface area contributed by atoms with E-state index in [-0.39, 0.29) is 16.0 Å². The lowest BCUT2D eigenvalue weighted by Crippen LogP contribution is -2.72. The van der Waals surface area contributed by atoms with Gasteiger partial charge in [0.15, 0.2) is 5.78 Å². The summed E-state index contributed by atoms with van der Waals surface area (Å²) in [5.74, 6) is -3.33. The number of benzene rings is 2. The maximum atomic E-state index is 13.9. The van der Waals surface area contributed by atoms with Crippen LogP contribution in [0.4, 0.5) is 18.0 Å². The van der Waals surface area contributed by atoms with E-state index in [4.69, 9.17) is 0 Å². The van der Waals surface area contributed by atoms with Crippen LogP contribution in [0.1, 0.15) is 22.0 Å². The number of halogens is 3. The number of hydrogen-bond donors (Lipinski definition) is 3. The molecular weight excluding hydrogens is 451 g/mol. The third kappa shape index (κ3) is 4.08. The van der Waals surface area contributed by atoms with Gasteiger partial charge in [-0.05, 0) is 17.7 Å². The summed E-state index contributed by atoms with van der Waals surface area (Å²) in [6.07, 6.45) is -5.38. The highest BCUT2D eigenvalue weighted by Gasteiger charge is 2.66. The lowest BCUT2D eigenvalue weighted by atomic mass is 9.77. The van der Waals surface area contributed by atoms with Crippen molar-refractivity contribution in [3.05, 3.63) is 65.7 Å². The van der Waals surface area contributed by atoms with Crippen molar-refractivity contribution in [3.8, 4) is 0 Å². The molecule has 0 spiro atoms. The van der Waals surface area contributed by atoms with Crippen molar-refractivity contribution >= 4 is 21.8 Å². The van der Waals surface area contributed by atoms with E-state index in [9.17, 15) is 36.3 Å². The van der Waals surface area contributed by atoms with Crippen LogP contribution >= 0.6 is 0 Å². The third-order valence-corrected chi connectivity index (χ3v) is 6.99. The summed E-state index contributed by atoms with van der Waals surface area (Å²) in [5, 5.41) is 14.3. The van der Waals surface area contributed by atoms with Crippen LogP contribution in [0, 0.1) is 5.92 Å². The van der Waals surface area contributed by atoms with Gasteiger partial charge < -0.3 is 15.7 Å². The molecule has 2 aromatic carbocycles. The predicted molar refractivity (Wildman–Crippen MR) is 107 cm³/mol. The van der Waals surface area contributed by atoms with Gasteiger partial charge in [0.1, 0.15) is 5.92 Å². The molecular formula is C20H20F3N3O5S. The number of urea groups is 1. The highest BCUT2D eigenvalue weighted by Crippen LogP contribution is 2.43. The largest absolute Gasteiger partial charge is 0.437 e. The Morgan fingerprint density at radius 1 is 1.06 bits per heavy atom. The Morgan fingerprint density at radius 2 is 1.62 bits per heavy atom. The summed E-state index contributed by atoms with van der Waals surface area (Å²) in [5.41, 5.74) is -3.95. The summed E-state index contributed by atoms with van der Waals surface area (Å²) in [4.78, 5) is 25.0. The first kappa shape index (κ1) is 23.7. The first-order valence-electron chi connectivity index (χ1n) is 9.28. The molecule has 0 radical (unpaired) electrons. The molecule has 1 saturated heterocycles. The average molecular weight is 471 g/mol. The molecule has 172 valence electrons. The van der Waals surface area contributed by atoms with Crippen molar-refractivity contribution in [2.45, 2.75) is 22.8 Å². The second kappa shape index (κ2) is 8.19. The second-order valence-electron chi connectivity index (χ2n) is 7.40. The van der Waals surface area contributed by atoms with Crippen molar-refractivity contribution in [3.63, 3.8) is 0 Å². The van der Waals surface area contributed by atoms with E-state index in [1.165, 1.54) is 43.7 Å². The van der Waals surface area contributed by atoms with Crippen LogP contribution < -0.4 is 10.6 Å². The molecule has 1 fully saturated rings. The fraction of sp³-hybridized carbons (Fsp3) is 0.300. The highest BCUT2D eigenvalue weighted by molar-refractivity contribution is 7.89. The monoisotopic (exact) mass is 471 g/mol. The minimum absolute atomic E-state index is 0.167. The minimum Gasteiger partial charge on any atom is -0.363 e. The Morgan fingerprint density at radius 3 is 2.12 bits per heavy atom. The van der Waals surface area contributed by atoms with Gasteiger partial charge in [0, 0.05) is 19.7 Å². The van der Waals surface area contributed by atoms with E-state index in [1.54, 1.807) is 6.07 Å². The van der Waals surface area contributed by atoms with Crippen molar-refractivity contribution in [2.24, 2.45) is 5.92 Å². The topological polar surface area (TPSA) is 116 Å². The quantitative estimate of drug-likeness (QED) is 0.578. The number of hydrogen-bond acceptors (Lipinski definition) is 5. The Hall–Kier alpha value is -2.96. The number of nitrogens with zero attached hydrogens (tertiary/aromatic N) is 1. The van der Waals surface area contributed by atoms with E-state index < -0.39 is 45.7 Å². The first-order valence-corrected chi connectivity index (χ1v) is 10.7. The van der Waals surface area contributed by atoms with Crippen LogP contribution in [0.25, 0.3) is 0 Å². The van der Waals surface area contributed by atoms with Crippen molar-refractivity contribution in [1.82, 2.24) is 14.9 Å². The number of ketones is 1. The van der Waals surface area contributed by atoms with Crippen molar-refractivity contribution in [1.29, 1.82) is 0 Å². The van der Waals surface area contributed by atoms with Crippen LogP contribution in [-0.4, -0.2) is 55.6 Å². The SMILES string of the molecule is CN(C)S(=O)(=O)c1ccc(C(=O)[C@@H]2[C@H](c3ccccc3)NC(=O)N[C@@]2(O)C(F)(F)F)cc1. The van der Waals surface area contributed by atoms with Gasteiger partial charge in [-0.3, -0.25) is 4.79 Å². The number of amides is 2. The number of rotatable bonds is 5. The minimum atomic E-state index is -5.38. The molecule has 1 heterocycles. The van der Waals surface area contributed by atoms with Gasteiger partial charge in [0.2, 0.25) is 15.7 Å². The van der Waals surface area contributed by atoms with Crippen LogP contribution in [0.5, 0.6) is 0 Å². The fourth-order valence-electron chi connectivity index (χ4n) is 3.46. The van der Waals surface area contributed by atoms with Crippen LogP contribution in [0.3, 0.4) is 0 Å². The summed E-state index contributed by atoms with van der Waals surface area (Å²) in [7, 11) is -1.22. The van der Waals surface area contributed by atoms with E-state index in [0.29, 0.717) is 0 Å². The number of Topliss-reactive ketones (excluding diaryl/α,β-unsaturated/α-hetero) is 1. The van der Waals surface area contributed by atoms with Crippen molar-refractivity contribution in [2.75, 3.05) is 14.1 Å². The van der Waals surface area contributed by atoms with E-state index >= 15 is 0 Å². The van der Waals surface area contributed by atoms with Crippen LogP contribution in [-0.2, 0) is 10.0 Å². The molecule has 3 atom stereocenters. The first-order chi connectivity index (χ1) is 14.8. The molecule has 0 aromatic heterocycles. The summed E-state index contributed by atoms with van der Waals surface area (Å²) >= 11 is 0. The number of alkyl halides is 3. The number of carbonyl (C=O) groups excluding carboxylic acids is 2. The number of aliphatic hydroxyl groups is 1.